The monoisotopic (exact) mass is 477 g/mol. The Kier molecular flexibility index (Phi) is 6.25. The summed E-state index contributed by atoms with van der Waals surface area (Å²) < 4.78 is 7.15. The van der Waals surface area contributed by atoms with E-state index in [-0.39, 0.29) is 18.4 Å². The molecule has 0 N–H and O–H groups in total. The van der Waals surface area contributed by atoms with Crippen molar-refractivity contribution >= 4 is 17.4 Å². The summed E-state index contributed by atoms with van der Waals surface area (Å²) in [6, 6.07) is 27.4. The number of fused-ring (bicyclic) bond motifs is 1. The van der Waals surface area contributed by atoms with E-state index in [0.717, 1.165) is 39.2 Å². The third-order valence-corrected chi connectivity index (χ3v) is 6.36. The van der Waals surface area contributed by atoms with Crippen LogP contribution in [-0.2, 0) is 11.2 Å². The summed E-state index contributed by atoms with van der Waals surface area (Å²) in [7, 11) is 3.38. The van der Waals surface area contributed by atoms with Crippen LogP contribution in [-0.4, -0.2) is 47.2 Å². The second kappa shape index (κ2) is 9.66. The topological polar surface area (TPSA) is 64.4 Å². The Labute approximate surface area is 210 Å². The van der Waals surface area contributed by atoms with Gasteiger partial charge in [-0.25, -0.2) is 0 Å². The highest BCUT2D eigenvalue weighted by Gasteiger charge is 2.31. The average molecular weight is 478 g/mol. The van der Waals surface area contributed by atoms with E-state index in [0.29, 0.717) is 17.7 Å². The first-order valence-electron chi connectivity index (χ1n) is 11.8. The number of rotatable bonds is 6. The lowest BCUT2D eigenvalue weighted by Crippen LogP contribution is -2.27. The number of allylic oxidation sites excluding steroid dienone is 2. The van der Waals surface area contributed by atoms with Crippen molar-refractivity contribution in [2.45, 2.75) is 13.3 Å². The fourth-order valence-corrected chi connectivity index (χ4v) is 4.48. The maximum atomic E-state index is 13.8. The van der Waals surface area contributed by atoms with Crippen LogP contribution >= 0.6 is 0 Å². The van der Waals surface area contributed by atoms with Gasteiger partial charge in [-0.2, -0.15) is 9.78 Å². The number of nitrogens with zero attached hydrogens (tertiary/aromatic N) is 3. The number of carbonyl (C=O) groups excluding carboxylic acids is 2. The van der Waals surface area contributed by atoms with Crippen LogP contribution in [0.25, 0.3) is 28.0 Å². The van der Waals surface area contributed by atoms with Gasteiger partial charge >= 0.3 is 0 Å². The number of amides is 1. The zero-order valence-electron chi connectivity index (χ0n) is 20.6. The molecule has 5 rings (SSSR count). The van der Waals surface area contributed by atoms with E-state index in [1.165, 1.54) is 4.90 Å². The lowest BCUT2D eigenvalue weighted by atomic mass is 9.90. The highest BCUT2D eigenvalue weighted by molar-refractivity contribution is 6.22. The van der Waals surface area contributed by atoms with Crippen molar-refractivity contribution in [2.75, 3.05) is 20.7 Å². The zero-order valence-corrected chi connectivity index (χ0v) is 20.6. The first-order valence-corrected chi connectivity index (χ1v) is 11.8. The summed E-state index contributed by atoms with van der Waals surface area (Å²) in [4.78, 5) is 27.1. The minimum Gasteiger partial charge on any atom is -0.484 e. The number of likely N-dealkylation sites (N-methyl/N-ethyl adjacent to an activating group) is 1. The van der Waals surface area contributed by atoms with Crippen LogP contribution in [0.5, 0.6) is 5.75 Å². The van der Waals surface area contributed by atoms with Crippen molar-refractivity contribution in [1.82, 2.24) is 14.7 Å². The number of hydrogen-bond donors (Lipinski definition) is 0. The van der Waals surface area contributed by atoms with Gasteiger partial charge in [0, 0.05) is 37.2 Å². The molecule has 0 saturated heterocycles. The summed E-state index contributed by atoms with van der Waals surface area (Å²) in [5.74, 6) is 0.312. The van der Waals surface area contributed by atoms with Crippen LogP contribution in [0, 0.1) is 0 Å². The molecule has 3 aromatic carbocycles. The Morgan fingerprint density at radius 1 is 0.889 bits per heavy atom. The SMILES string of the molecule is CC1=C(c2ccc(OCC(=O)N(C)C)cc2)C(=O)n2nc(-c3ccccc3)c(-c3ccccc3)c2C1. The molecule has 2 heterocycles. The lowest BCUT2D eigenvalue weighted by molar-refractivity contribution is -0.130. The third-order valence-electron chi connectivity index (χ3n) is 6.36. The Bertz CT molecular complexity index is 1450. The number of hydrogen-bond acceptors (Lipinski definition) is 4. The second-order valence-corrected chi connectivity index (χ2v) is 9.05. The molecule has 0 atom stereocenters. The molecule has 0 spiro atoms. The van der Waals surface area contributed by atoms with Crippen molar-refractivity contribution < 1.29 is 14.3 Å². The summed E-state index contributed by atoms with van der Waals surface area (Å²) in [5.41, 5.74) is 7.12. The molecule has 0 fully saturated rings. The average Bonchev–Trinajstić information content (AvgIpc) is 3.28. The predicted octanol–water partition coefficient (Wildman–Crippen LogP) is 5.35. The maximum absolute atomic E-state index is 13.8. The van der Waals surface area contributed by atoms with Gasteiger partial charge in [0.15, 0.2) is 6.61 Å². The molecule has 1 aliphatic rings. The molecule has 0 unspecified atom stereocenters. The summed E-state index contributed by atoms with van der Waals surface area (Å²) in [6.07, 6.45) is 0.612. The summed E-state index contributed by atoms with van der Waals surface area (Å²) in [6.45, 7) is 1.97. The molecule has 0 saturated carbocycles. The fourth-order valence-electron chi connectivity index (χ4n) is 4.48. The summed E-state index contributed by atoms with van der Waals surface area (Å²) in [5, 5.41) is 4.84. The molecule has 180 valence electrons. The standard InChI is InChI=1S/C30H27N3O3/c1-20-18-25-28(21-10-6-4-7-11-21)29(23-12-8-5-9-13-23)31-33(25)30(35)27(20)22-14-16-24(17-15-22)36-19-26(34)32(2)3/h4-17H,18-19H2,1-3H3. The van der Waals surface area contributed by atoms with Gasteiger partial charge in [-0.15, -0.1) is 0 Å². The maximum Gasteiger partial charge on any atom is 0.279 e. The molecule has 1 aliphatic heterocycles. The number of benzene rings is 3. The zero-order chi connectivity index (χ0) is 25.2. The van der Waals surface area contributed by atoms with Gasteiger partial charge in [-0.05, 0) is 30.2 Å². The fraction of sp³-hybridized carbons (Fsp3) is 0.167. The number of aromatic nitrogens is 2. The molecule has 6 nitrogen and oxygen atoms in total. The Morgan fingerprint density at radius 3 is 2.11 bits per heavy atom. The molecular weight excluding hydrogens is 450 g/mol. The molecule has 4 aromatic rings. The van der Waals surface area contributed by atoms with E-state index in [1.807, 2.05) is 67.6 Å². The Balaban J connectivity index is 1.51. The van der Waals surface area contributed by atoms with Gasteiger partial charge in [0.05, 0.1) is 5.69 Å². The van der Waals surface area contributed by atoms with Crippen LogP contribution in [0.15, 0.2) is 90.5 Å². The van der Waals surface area contributed by atoms with Gasteiger partial charge < -0.3 is 9.64 Å². The van der Waals surface area contributed by atoms with Crippen LogP contribution in [0.2, 0.25) is 0 Å². The van der Waals surface area contributed by atoms with Gasteiger partial charge in [0.2, 0.25) is 0 Å². The first-order chi connectivity index (χ1) is 17.4. The molecular formula is C30H27N3O3. The van der Waals surface area contributed by atoms with E-state index >= 15 is 0 Å². The molecule has 1 amide bonds. The van der Waals surface area contributed by atoms with Gasteiger partial charge in [0.1, 0.15) is 11.4 Å². The van der Waals surface area contributed by atoms with E-state index in [4.69, 9.17) is 9.84 Å². The van der Waals surface area contributed by atoms with Crippen molar-refractivity contribution in [3.63, 3.8) is 0 Å². The smallest absolute Gasteiger partial charge is 0.279 e. The summed E-state index contributed by atoms with van der Waals surface area (Å²) >= 11 is 0. The highest BCUT2D eigenvalue weighted by Crippen LogP contribution is 2.39. The van der Waals surface area contributed by atoms with Gasteiger partial charge in [0.25, 0.3) is 11.8 Å². The van der Waals surface area contributed by atoms with Crippen LogP contribution in [0.1, 0.15) is 23.0 Å². The van der Waals surface area contributed by atoms with E-state index in [9.17, 15) is 9.59 Å². The van der Waals surface area contributed by atoms with E-state index < -0.39 is 0 Å². The molecule has 6 heteroatoms. The third kappa shape index (κ3) is 4.33. The minimum atomic E-state index is -0.149. The van der Waals surface area contributed by atoms with Crippen LogP contribution < -0.4 is 4.74 Å². The lowest BCUT2D eigenvalue weighted by Gasteiger charge is -2.20. The van der Waals surface area contributed by atoms with Crippen molar-refractivity contribution in [3.05, 3.63) is 102 Å². The number of ether oxygens (including phenoxy) is 1. The normalized spacial score (nSPS) is 12.9. The van der Waals surface area contributed by atoms with E-state index in [1.54, 1.807) is 30.9 Å². The molecule has 0 aliphatic carbocycles. The molecule has 1 aromatic heterocycles. The largest absolute Gasteiger partial charge is 0.484 e. The predicted molar refractivity (Wildman–Crippen MR) is 141 cm³/mol. The van der Waals surface area contributed by atoms with Crippen molar-refractivity contribution in [1.29, 1.82) is 0 Å². The van der Waals surface area contributed by atoms with Gasteiger partial charge in [-0.3, -0.25) is 9.59 Å². The quantitative estimate of drug-likeness (QED) is 0.375. The highest BCUT2D eigenvalue weighted by atomic mass is 16.5. The van der Waals surface area contributed by atoms with Crippen molar-refractivity contribution in [2.24, 2.45) is 0 Å². The second-order valence-electron chi connectivity index (χ2n) is 9.05. The Morgan fingerprint density at radius 2 is 1.50 bits per heavy atom. The molecule has 0 radical (unpaired) electrons. The first kappa shape index (κ1) is 23.3. The van der Waals surface area contributed by atoms with Gasteiger partial charge in [-0.1, -0.05) is 78.4 Å². The number of carbonyl (C=O) groups is 2. The van der Waals surface area contributed by atoms with Crippen LogP contribution in [0.4, 0.5) is 0 Å². The minimum absolute atomic E-state index is 0.0336. The Hall–Kier alpha value is -4.45. The van der Waals surface area contributed by atoms with Crippen LogP contribution in [0.3, 0.4) is 0 Å². The molecule has 36 heavy (non-hydrogen) atoms. The van der Waals surface area contributed by atoms with Crippen molar-refractivity contribution in [3.8, 4) is 28.1 Å². The van der Waals surface area contributed by atoms with E-state index in [2.05, 4.69) is 12.1 Å². The molecule has 0 bridgehead atoms.